The number of hydrogen-bond donors (Lipinski definition) is 1. The maximum atomic E-state index is 6.30. The Morgan fingerprint density at radius 2 is 2.00 bits per heavy atom. The first-order valence-corrected chi connectivity index (χ1v) is 6.27. The van der Waals surface area contributed by atoms with Crippen LogP contribution in [0.1, 0.15) is 12.8 Å². The summed E-state index contributed by atoms with van der Waals surface area (Å²) in [6, 6.07) is 0. The summed E-state index contributed by atoms with van der Waals surface area (Å²) in [5, 5.41) is 0. The molecule has 5 nitrogen and oxygen atoms in total. The molecule has 17 heavy (non-hydrogen) atoms. The third-order valence-electron chi connectivity index (χ3n) is 3.11. The first-order valence-electron chi connectivity index (χ1n) is 6.27. The van der Waals surface area contributed by atoms with Crippen LogP contribution in [0.5, 0.6) is 0 Å². The fourth-order valence-corrected chi connectivity index (χ4v) is 2.12. The lowest BCUT2D eigenvalue weighted by atomic mass is 9.99. The van der Waals surface area contributed by atoms with Crippen molar-refractivity contribution >= 4 is 0 Å². The minimum absolute atomic E-state index is 0.180. The summed E-state index contributed by atoms with van der Waals surface area (Å²) in [6.07, 6.45) is 1.97. The van der Waals surface area contributed by atoms with Crippen LogP contribution < -0.4 is 5.73 Å². The van der Waals surface area contributed by atoms with Gasteiger partial charge in [0.25, 0.3) is 0 Å². The zero-order valence-corrected chi connectivity index (χ0v) is 11.1. The summed E-state index contributed by atoms with van der Waals surface area (Å²) in [4.78, 5) is 2.34. The molecule has 1 heterocycles. The van der Waals surface area contributed by atoms with E-state index in [-0.39, 0.29) is 5.54 Å². The highest BCUT2D eigenvalue weighted by Gasteiger charge is 2.32. The van der Waals surface area contributed by atoms with Crippen molar-refractivity contribution in [3.05, 3.63) is 0 Å². The van der Waals surface area contributed by atoms with Crippen LogP contribution in [-0.2, 0) is 14.2 Å². The number of nitrogens with zero attached hydrogens (tertiary/aromatic N) is 1. The van der Waals surface area contributed by atoms with Crippen molar-refractivity contribution in [2.45, 2.75) is 18.4 Å². The van der Waals surface area contributed by atoms with Gasteiger partial charge in [-0.1, -0.05) is 0 Å². The molecule has 0 aromatic rings. The van der Waals surface area contributed by atoms with Gasteiger partial charge < -0.3 is 19.9 Å². The molecule has 1 fully saturated rings. The van der Waals surface area contributed by atoms with Gasteiger partial charge >= 0.3 is 0 Å². The first kappa shape index (κ1) is 14.9. The van der Waals surface area contributed by atoms with Crippen LogP contribution in [0, 0.1) is 0 Å². The average molecular weight is 246 g/mol. The van der Waals surface area contributed by atoms with Crippen molar-refractivity contribution in [3.8, 4) is 0 Å². The lowest BCUT2D eigenvalue weighted by Crippen LogP contribution is -2.51. The summed E-state index contributed by atoms with van der Waals surface area (Å²) >= 11 is 0. The van der Waals surface area contributed by atoms with Crippen molar-refractivity contribution in [1.82, 2.24) is 4.90 Å². The van der Waals surface area contributed by atoms with Crippen molar-refractivity contribution in [3.63, 3.8) is 0 Å². The quantitative estimate of drug-likeness (QED) is 0.584. The summed E-state index contributed by atoms with van der Waals surface area (Å²) in [7, 11) is 3.46. The van der Waals surface area contributed by atoms with Crippen LogP contribution in [0.3, 0.4) is 0 Å². The molecule has 1 aliphatic rings. The lowest BCUT2D eigenvalue weighted by Gasteiger charge is -2.31. The number of methoxy groups -OCH3 is 2. The highest BCUT2D eigenvalue weighted by atomic mass is 16.5. The third kappa shape index (κ3) is 5.79. The maximum Gasteiger partial charge on any atom is 0.0659 e. The maximum absolute atomic E-state index is 6.30. The lowest BCUT2D eigenvalue weighted by molar-refractivity contribution is 0.109. The average Bonchev–Trinajstić information content (AvgIpc) is 2.73. The number of hydrogen-bond acceptors (Lipinski definition) is 5. The first-order chi connectivity index (χ1) is 8.20. The molecule has 1 unspecified atom stereocenters. The Bertz CT molecular complexity index is 196. The van der Waals surface area contributed by atoms with Gasteiger partial charge in [-0.25, -0.2) is 0 Å². The van der Waals surface area contributed by atoms with E-state index < -0.39 is 0 Å². The molecule has 1 atom stereocenters. The Hall–Kier alpha value is -0.200. The molecule has 2 N–H and O–H groups in total. The molecular weight excluding hydrogens is 220 g/mol. The van der Waals surface area contributed by atoms with Crippen LogP contribution in [0.4, 0.5) is 0 Å². The van der Waals surface area contributed by atoms with Crippen LogP contribution in [-0.4, -0.2) is 70.7 Å². The zero-order chi connectivity index (χ0) is 12.6. The van der Waals surface area contributed by atoms with Crippen molar-refractivity contribution in [1.29, 1.82) is 0 Å². The van der Waals surface area contributed by atoms with E-state index in [0.717, 1.165) is 52.3 Å². The third-order valence-corrected chi connectivity index (χ3v) is 3.11. The molecule has 1 aliphatic heterocycles. The van der Waals surface area contributed by atoms with E-state index in [0.29, 0.717) is 6.61 Å². The molecule has 0 saturated carbocycles. The van der Waals surface area contributed by atoms with E-state index in [2.05, 4.69) is 4.90 Å². The van der Waals surface area contributed by atoms with Crippen molar-refractivity contribution in [2.24, 2.45) is 5.73 Å². The monoisotopic (exact) mass is 246 g/mol. The van der Waals surface area contributed by atoms with Crippen LogP contribution in [0.15, 0.2) is 0 Å². The fourth-order valence-electron chi connectivity index (χ4n) is 2.12. The van der Waals surface area contributed by atoms with Gasteiger partial charge in [0.2, 0.25) is 0 Å². The molecule has 5 heteroatoms. The van der Waals surface area contributed by atoms with E-state index in [1.165, 1.54) is 0 Å². The predicted molar refractivity (Wildman–Crippen MR) is 67.2 cm³/mol. The van der Waals surface area contributed by atoms with Gasteiger partial charge in [-0.05, 0) is 12.8 Å². The van der Waals surface area contributed by atoms with Gasteiger partial charge in [0.15, 0.2) is 0 Å². The smallest absolute Gasteiger partial charge is 0.0659 e. The Morgan fingerprint density at radius 1 is 1.24 bits per heavy atom. The normalized spacial score (nSPS) is 24.7. The van der Waals surface area contributed by atoms with Crippen LogP contribution >= 0.6 is 0 Å². The molecule has 0 radical (unpaired) electrons. The summed E-state index contributed by atoms with van der Waals surface area (Å²) < 4.78 is 15.6. The molecule has 102 valence electrons. The Kier molecular flexibility index (Phi) is 6.99. The SMILES string of the molecule is COCCCN(CCOC)CC1(N)CCOC1. The van der Waals surface area contributed by atoms with Crippen molar-refractivity contribution in [2.75, 3.05) is 60.3 Å². The van der Waals surface area contributed by atoms with Crippen LogP contribution in [0.25, 0.3) is 0 Å². The Labute approximate surface area is 104 Å². The van der Waals surface area contributed by atoms with Crippen LogP contribution in [0.2, 0.25) is 0 Å². The Morgan fingerprint density at radius 3 is 2.59 bits per heavy atom. The molecule has 0 aliphatic carbocycles. The number of rotatable bonds is 9. The minimum atomic E-state index is -0.180. The molecule has 1 rings (SSSR count). The molecule has 0 spiro atoms. The highest BCUT2D eigenvalue weighted by molar-refractivity contribution is 4.91. The fraction of sp³-hybridized carbons (Fsp3) is 1.00. The molecule has 0 amide bonds. The molecular formula is C12H26N2O3. The second-order valence-electron chi connectivity index (χ2n) is 4.78. The highest BCUT2D eigenvalue weighted by Crippen LogP contribution is 2.17. The largest absolute Gasteiger partial charge is 0.385 e. The second kappa shape index (κ2) is 8.00. The van der Waals surface area contributed by atoms with Gasteiger partial charge in [0.1, 0.15) is 0 Å². The van der Waals surface area contributed by atoms with E-state index in [4.69, 9.17) is 19.9 Å². The number of nitrogens with two attached hydrogens (primary N) is 1. The molecule has 0 aromatic heterocycles. The second-order valence-corrected chi connectivity index (χ2v) is 4.78. The van der Waals surface area contributed by atoms with E-state index in [9.17, 15) is 0 Å². The van der Waals surface area contributed by atoms with E-state index in [1.54, 1.807) is 14.2 Å². The van der Waals surface area contributed by atoms with Gasteiger partial charge in [-0.2, -0.15) is 0 Å². The molecule has 0 aromatic carbocycles. The van der Waals surface area contributed by atoms with Gasteiger partial charge in [0.05, 0.1) is 18.8 Å². The Balaban J connectivity index is 2.32. The summed E-state index contributed by atoms with van der Waals surface area (Å²) in [6.45, 7) is 5.77. The van der Waals surface area contributed by atoms with Gasteiger partial charge in [-0.3, -0.25) is 4.90 Å². The minimum Gasteiger partial charge on any atom is -0.385 e. The van der Waals surface area contributed by atoms with E-state index in [1.807, 2.05) is 0 Å². The van der Waals surface area contributed by atoms with Gasteiger partial charge in [-0.15, -0.1) is 0 Å². The zero-order valence-electron chi connectivity index (χ0n) is 11.1. The predicted octanol–water partition coefficient (Wildman–Crippen LogP) is 0.0891. The van der Waals surface area contributed by atoms with Gasteiger partial charge in [0, 0.05) is 47.1 Å². The topological polar surface area (TPSA) is 57.0 Å². The summed E-state index contributed by atoms with van der Waals surface area (Å²) in [5.74, 6) is 0. The molecule has 1 saturated heterocycles. The number of ether oxygens (including phenoxy) is 3. The summed E-state index contributed by atoms with van der Waals surface area (Å²) in [5.41, 5.74) is 6.12. The van der Waals surface area contributed by atoms with Crippen molar-refractivity contribution < 1.29 is 14.2 Å². The van der Waals surface area contributed by atoms with E-state index >= 15 is 0 Å². The molecule has 0 bridgehead atoms. The standard InChI is InChI=1S/C12H26N2O3/c1-15-7-3-5-14(6-9-16-2)10-12(13)4-8-17-11-12/h3-11,13H2,1-2H3.